The molecule has 0 N–H and O–H groups in total. The third-order valence-electron chi connectivity index (χ3n) is 7.28. The van der Waals surface area contributed by atoms with Crippen LogP contribution in [0.25, 0.3) is 0 Å². The highest BCUT2D eigenvalue weighted by Gasteiger charge is 2.30. The Bertz CT molecular complexity index is 677. The van der Waals surface area contributed by atoms with Crippen molar-refractivity contribution in [3.05, 3.63) is 35.4 Å². The second kappa shape index (κ2) is 9.77. The summed E-state index contributed by atoms with van der Waals surface area (Å²) in [6.45, 7) is 3.25. The number of piperidine rings is 1. The van der Waals surface area contributed by atoms with Crippen LogP contribution >= 0.6 is 0 Å². The highest BCUT2D eigenvalue weighted by atomic mass is 16.2. The van der Waals surface area contributed by atoms with Gasteiger partial charge in [0.15, 0.2) is 0 Å². The third kappa shape index (κ3) is 5.02. The molecule has 4 rings (SSSR count). The molecule has 0 radical (unpaired) electrons. The zero-order chi connectivity index (χ0) is 20.1. The summed E-state index contributed by atoms with van der Waals surface area (Å²) in [5.74, 6) is 1.23. The fourth-order valence-electron chi connectivity index (χ4n) is 5.40. The number of likely N-dealkylation sites (tertiary alicyclic amines) is 2. The van der Waals surface area contributed by atoms with E-state index in [2.05, 4.69) is 17.0 Å². The average Bonchev–Trinajstić information content (AvgIpc) is 3.09. The van der Waals surface area contributed by atoms with Crippen LogP contribution in [0.4, 0.5) is 0 Å². The lowest BCUT2D eigenvalue weighted by molar-refractivity contribution is -0.136. The molecule has 158 valence electrons. The Balaban J connectivity index is 1.30. The van der Waals surface area contributed by atoms with Crippen molar-refractivity contribution < 1.29 is 9.59 Å². The normalized spacial score (nSPS) is 22.3. The van der Waals surface area contributed by atoms with E-state index in [1.165, 1.54) is 50.5 Å². The SMILES string of the molecule is O=C(c1ccc(C2CCCCC2)cc1)N1CCC(C(=O)N2CCCCCC2)CC1. The molecule has 1 aliphatic carbocycles. The van der Waals surface area contributed by atoms with Crippen molar-refractivity contribution in [3.63, 3.8) is 0 Å². The van der Waals surface area contributed by atoms with Gasteiger partial charge in [-0.3, -0.25) is 9.59 Å². The summed E-state index contributed by atoms with van der Waals surface area (Å²) in [6.07, 6.45) is 13.0. The van der Waals surface area contributed by atoms with Gasteiger partial charge < -0.3 is 9.80 Å². The number of carbonyl (C=O) groups is 2. The van der Waals surface area contributed by atoms with Gasteiger partial charge in [0.05, 0.1) is 0 Å². The molecule has 1 saturated carbocycles. The first kappa shape index (κ1) is 20.4. The van der Waals surface area contributed by atoms with E-state index in [-0.39, 0.29) is 11.8 Å². The fraction of sp³-hybridized carbons (Fsp3) is 0.680. The summed E-state index contributed by atoms with van der Waals surface area (Å²) in [5, 5.41) is 0. The van der Waals surface area contributed by atoms with E-state index in [1.54, 1.807) is 0 Å². The van der Waals surface area contributed by atoms with Gasteiger partial charge in [-0.2, -0.15) is 0 Å². The van der Waals surface area contributed by atoms with Crippen molar-refractivity contribution in [3.8, 4) is 0 Å². The van der Waals surface area contributed by atoms with Gasteiger partial charge in [0.2, 0.25) is 5.91 Å². The van der Waals surface area contributed by atoms with Crippen molar-refractivity contribution in [1.82, 2.24) is 9.80 Å². The van der Waals surface area contributed by atoms with E-state index in [9.17, 15) is 9.59 Å². The molecule has 1 aromatic rings. The van der Waals surface area contributed by atoms with E-state index in [1.807, 2.05) is 17.0 Å². The molecule has 0 aromatic heterocycles. The quantitative estimate of drug-likeness (QED) is 0.722. The van der Waals surface area contributed by atoms with Crippen molar-refractivity contribution in [2.24, 2.45) is 5.92 Å². The number of amides is 2. The monoisotopic (exact) mass is 396 g/mol. The summed E-state index contributed by atoms with van der Waals surface area (Å²) < 4.78 is 0. The van der Waals surface area contributed by atoms with Gasteiger partial charge >= 0.3 is 0 Å². The molecule has 2 aliphatic heterocycles. The van der Waals surface area contributed by atoms with Gasteiger partial charge in [-0.05, 0) is 62.1 Å². The van der Waals surface area contributed by atoms with Crippen molar-refractivity contribution >= 4 is 11.8 Å². The second-order valence-electron chi connectivity index (χ2n) is 9.26. The maximum absolute atomic E-state index is 12.9. The van der Waals surface area contributed by atoms with E-state index in [0.717, 1.165) is 44.3 Å². The van der Waals surface area contributed by atoms with Crippen LogP contribution in [0, 0.1) is 5.92 Å². The predicted molar refractivity (Wildman–Crippen MR) is 116 cm³/mol. The maximum Gasteiger partial charge on any atom is 0.253 e. The van der Waals surface area contributed by atoms with Gasteiger partial charge in [-0.1, -0.05) is 44.2 Å². The summed E-state index contributed by atoms with van der Waals surface area (Å²) >= 11 is 0. The number of benzene rings is 1. The van der Waals surface area contributed by atoms with Crippen LogP contribution in [0.1, 0.15) is 92.5 Å². The van der Waals surface area contributed by atoms with Gasteiger partial charge in [0.25, 0.3) is 5.91 Å². The van der Waals surface area contributed by atoms with Crippen molar-refractivity contribution in [2.75, 3.05) is 26.2 Å². The molecule has 0 bridgehead atoms. The van der Waals surface area contributed by atoms with Gasteiger partial charge in [-0.15, -0.1) is 0 Å². The Labute approximate surface area is 175 Å². The zero-order valence-electron chi connectivity index (χ0n) is 17.8. The fourth-order valence-corrected chi connectivity index (χ4v) is 5.40. The molecule has 0 spiro atoms. The van der Waals surface area contributed by atoms with Gasteiger partial charge in [0.1, 0.15) is 0 Å². The Morgan fingerprint density at radius 2 is 1.24 bits per heavy atom. The molecule has 1 aromatic carbocycles. The minimum absolute atomic E-state index is 0.103. The molecule has 29 heavy (non-hydrogen) atoms. The molecular formula is C25H36N2O2. The van der Waals surface area contributed by atoms with Crippen LogP contribution in [0.3, 0.4) is 0 Å². The molecule has 4 heteroatoms. The number of hydrogen-bond acceptors (Lipinski definition) is 2. The predicted octanol–water partition coefficient (Wildman–Crippen LogP) is 4.99. The smallest absolute Gasteiger partial charge is 0.253 e. The van der Waals surface area contributed by atoms with E-state index >= 15 is 0 Å². The molecular weight excluding hydrogens is 360 g/mol. The number of hydrogen-bond donors (Lipinski definition) is 0. The van der Waals surface area contributed by atoms with E-state index in [4.69, 9.17) is 0 Å². The summed E-state index contributed by atoms with van der Waals surface area (Å²) in [7, 11) is 0. The highest BCUT2D eigenvalue weighted by molar-refractivity contribution is 5.94. The Hall–Kier alpha value is -1.84. The summed E-state index contributed by atoms with van der Waals surface area (Å²) in [4.78, 5) is 29.8. The lowest BCUT2D eigenvalue weighted by Crippen LogP contribution is -2.44. The van der Waals surface area contributed by atoms with Crippen LogP contribution in [0.15, 0.2) is 24.3 Å². The van der Waals surface area contributed by atoms with Gasteiger partial charge in [-0.25, -0.2) is 0 Å². The molecule has 4 nitrogen and oxygen atoms in total. The first-order valence-electron chi connectivity index (χ1n) is 11.9. The minimum atomic E-state index is 0.103. The summed E-state index contributed by atoms with van der Waals surface area (Å²) in [6, 6.07) is 8.36. The third-order valence-corrected chi connectivity index (χ3v) is 7.28. The number of rotatable bonds is 3. The first-order valence-corrected chi connectivity index (χ1v) is 11.9. The van der Waals surface area contributed by atoms with Crippen LogP contribution in [-0.2, 0) is 4.79 Å². The number of nitrogens with zero attached hydrogens (tertiary/aromatic N) is 2. The Kier molecular flexibility index (Phi) is 6.89. The molecule has 3 aliphatic rings. The minimum Gasteiger partial charge on any atom is -0.342 e. The lowest BCUT2D eigenvalue weighted by atomic mass is 9.84. The standard InChI is InChI=1S/C25H36N2O2/c28-24(22-12-10-21(11-13-22)20-8-4-3-5-9-20)27-18-14-23(15-19-27)25(29)26-16-6-1-2-7-17-26/h10-13,20,23H,1-9,14-19H2. The second-order valence-corrected chi connectivity index (χ2v) is 9.26. The van der Waals surface area contributed by atoms with Crippen LogP contribution in [0.5, 0.6) is 0 Å². The van der Waals surface area contributed by atoms with Crippen molar-refractivity contribution in [1.29, 1.82) is 0 Å². The number of carbonyl (C=O) groups excluding carboxylic acids is 2. The topological polar surface area (TPSA) is 40.6 Å². The zero-order valence-corrected chi connectivity index (χ0v) is 17.8. The Morgan fingerprint density at radius 3 is 1.86 bits per heavy atom. The summed E-state index contributed by atoms with van der Waals surface area (Å²) in [5.41, 5.74) is 2.19. The lowest BCUT2D eigenvalue weighted by Gasteiger charge is -2.34. The first-order chi connectivity index (χ1) is 14.2. The van der Waals surface area contributed by atoms with E-state index in [0.29, 0.717) is 24.9 Å². The average molecular weight is 397 g/mol. The molecule has 2 saturated heterocycles. The molecule has 3 fully saturated rings. The van der Waals surface area contributed by atoms with Crippen molar-refractivity contribution in [2.45, 2.75) is 76.5 Å². The Morgan fingerprint density at radius 1 is 0.655 bits per heavy atom. The van der Waals surface area contributed by atoms with Gasteiger partial charge in [0, 0.05) is 37.7 Å². The molecule has 0 atom stereocenters. The van der Waals surface area contributed by atoms with Crippen LogP contribution in [-0.4, -0.2) is 47.8 Å². The highest BCUT2D eigenvalue weighted by Crippen LogP contribution is 2.32. The largest absolute Gasteiger partial charge is 0.342 e. The molecule has 2 amide bonds. The maximum atomic E-state index is 12.9. The molecule has 0 unspecified atom stereocenters. The molecule has 2 heterocycles. The van der Waals surface area contributed by atoms with E-state index < -0.39 is 0 Å². The van der Waals surface area contributed by atoms with Crippen LogP contribution < -0.4 is 0 Å². The van der Waals surface area contributed by atoms with Crippen LogP contribution in [0.2, 0.25) is 0 Å².